The van der Waals surface area contributed by atoms with Gasteiger partial charge in [0.25, 0.3) is 0 Å². The Balaban J connectivity index is 4.33. The summed E-state index contributed by atoms with van der Waals surface area (Å²) in [5.41, 5.74) is 0. The van der Waals surface area contributed by atoms with Crippen molar-refractivity contribution in [2.75, 3.05) is 13.2 Å². The molecule has 0 amide bonds. The van der Waals surface area contributed by atoms with Crippen molar-refractivity contribution >= 4 is 17.9 Å². The third-order valence-corrected chi connectivity index (χ3v) is 15.3. The monoisotopic (exact) mass is 1150 g/mol. The summed E-state index contributed by atoms with van der Waals surface area (Å²) in [5.74, 6) is -0.941. The number of carbonyl (C=O) groups excluding carboxylic acids is 3. The molecule has 0 rings (SSSR count). The van der Waals surface area contributed by atoms with Gasteiger partial charge in [0.15, 0.2) is 6.10 Å². The Hall–Kier alpha value is -3.93. The molecule has 0 radical (unpaired) electrons. The van der Waals surface area contributed by atoms with Gasteiger partial charge in [-0.25, -0.2) is 0 Å². The number of hydrogen-bond donors (Lipinski definition) is 0. The van der Waals surface area contributed by atoms with E-state index < -0.39 is 6.10 Å². The van der Waals surface area contributed by atoms with Gasteiger partial charge in [-0.1, -0.05) is 348 Å². The summed E-state index contributed by atoms with van der Waals surface area (Å²) < 4.78 is 16.9. The molecule has 0 spiro atoms. The Morgan fingerprint density at radius 3 is 0.735 bits per heavy atom. The molecule has 0 aliphatic heterocycles. The highest BCUT2D eigenvalue weighted by molar-refractivity contribution is 5.71. The zero-order valence-corrected chi connectivity index (χ0v) is 54.7. The standard InChI is InChI=1S/C77H132O6/c1-4-7-10-13-16-19-22-24-26-28-30-32-34-36-37-38-39-41-42-44-46-48-50-52-55-58-61-64-67-70-76(79)82-73-74(72-81-75(78)69-66-63-60-57-54-21-18-15-12-9-6-3)83-77(80)71-68-65-62-59-56-53-51-49-47-45-43-40-35-33-31-29-27-25-23-20-17-14-11-8-5-2/h7,10,16,19,24,26,30,32,36-37,39,41,44,46,50,52,58,61,74H,4-6,8-9,11-15,17-18,20-23,25,27-29,31,33-35,38,40,42-43,45,47-49,51,53-57,59-60,62-73H2,1-3H3/b10-7-,19-16-,26-24-,32-30-,37-36-,41-39-,46-44-,52-50-,61-58-. The van der Waals surface area contributed by atoms with E-state index in [1.165, 1.54) is 193 Å². The van der Waals surface area contributed by atoms with Crippen LogP contribution in [0.5, 0.6) is 0 Å². The number of allylic oxidation sites excluding steroid dienone is 18. The molecular formula is C77H132O6. The lowest BCUT2D eigenvalue weighted by Crippen LogP contribution is -2.30. The fourth-order valence-corrected chi connectivity index (χ4v) is 10.0. The van der Waals surface area contributed by atoms with Crippen LogP contribution in [0.15, 0.2) is 109 Å². The Labute approximate surface area is 514 Å². The molecule has 0 saturated carbocycles. The molecule has 0 bridgehead atoms. The number of ether oxygens (including phenoxy) is 3. The first-order chi connectivity index (χ1) is 41.0. The van der Waals surface area contributed by atoms with Crippen molar-refractivity contribution in [1.82, 2.24) is 0 Å². The van der Waals surface area contributed by atoms with Crippen molar-refractivity contribution in [3.63, 3.8) is 0 Å². The maximum Gasteiger partial charge on any atom is 0.306 e. The van der Waals surface area contributed by atoms with Crippen LogP contribution in [0.3, 0.4) is 0 Å². The molecule has 0 saturated heterocycles. The van der Waals surface area contributed by atoms with E-state index in [-0.39, 0.29) is 37.5 Å². The van der Waals surface area contributed by atoms with Crippen molar-refractivity contribution in [3.05, 3.63) is 109 Å². The molecule has 83 heavy (non-hydrogen) atoms. The molecule has 0 aromatic carbocycles. The second-order valence-electron chi connectivity index (χ2n) is 23.4. The topological polar surface area (TPSA) is 78.9 Å². The Bertz CT molecular complexity index is 1660. The van der Waals surface area contributed by atoms with Crippen LogP contribution >= 0.6 is 0 Å². The molecule has 0 heterocycles. The van der Waals surface area contributed by atoms with E-state index in [1.807, 2.05) is 0 Å². The molecule has 0 aliphatic rings. The van der Waals surface area contributed by atoms with Crippen molar-refractivity contribution in [3.8, 4) is 0 Å². The molecule has 0 aliphatic carbocycles. The van der Waals surface area contributed by atoms with E-state index in [0.29, 0.717) is 19.3 Å². The van der Waals surface area contributed by atoms with Crippen molar-refractivity contribution in [2.45, 2.75) is 348 Å². The van der Waals surface area contributed by atoms with E-state index in [2.05, 4.69) is 130 Å². The van der Waals surface area contributed by atoms with Crippen LogP contribution in [0.25, 0.3) is 0 Å². The third kappa shape index (κ3) is 68.7. The Morgan fingerprint density at radius 2 is 0.470 bits per heavy atom. The zero-order chi connectivity index (χ0) is 59.9. The molecule has 1 unspecified atom stereocenters. The largest absolute Gasteiger partial charge is 0.462 e. The summed E-state index contributed by atoms with van der Waals surface area (Å²) in [6.07, 6.45) is 97.0. The van der Waals surface area contributed by atoms with Gasteiger partial charge in [0, 0.05) is 19.3 Å². The quantitative estimate of drug-likeness (QED) is 0.0261. The third-order valence-electron chi connectivity index (χ3n) is 15.3. The van der Waals surface area contributed by atoms with Crippen LogP contribution in [-0.4, -0.2) is 37.2 Å². The summed E-state index contributed by atoms with van der Waals surface area (Å²) in [4.78, 5) is 38.3. The Kier molecular flexibility index (Phi) is 67.2. The fraction of sp³-hybridized carbons (Fsp3) is 0.727. The first kappa shape index (κ1) is 79.1. The molecule has 0 aromatic heterocycles. The maximum absolute atomic E-state index is 12.9. The van der Waals surface area contributed by atoms with E-state index in [9.17, 15) is 14.4 Å². The van der Waals surface area contributed by atoms with Crippen molar-refractivity contribution in [1.29, 1.82) is 0 Å². The highest BCUT2D eigenvalue weighted by Crippen LogP contribution is 2.18. The maximum atomic E-state index is 12.9. The van der Waals surface area contributed by atoms with Gasteiger partial charge < -0.3 is 14.2 Å². The summed E-state index contributed by atoms with van der Waals surface area (Å²) >= 11 is 0. The molecular weight excluding hydrogens is 1020 g/mol. The Morgan fingerprint density at radius 1 is 0.253 bits per heavy atom. The van der Waals surface area contributed by atoms with Gasteiger partial charge in [-0.05, 0) is 83.5 Å². The SMILES string of the molecule is CC/C=C\C/C=C\C/C=C\C/C=C\C/C=C\C/C=C\C/C=C\C/C=C\C/C=C\CCCC(=O)OCC(COC(=O)CCCCCCCCCCCCC)OC(=O)CCCCCCCCCCCCCCCCCCCCCCCCCCC. The number of carbonyl (C=O) groups is 3. The molecule has 476 valence electrons. The number of unbranched alkanes of at least 4 members (excludes halogenated alkanes) is 35. The molecule has 0 fully saturated rings. The first-order valence-corrected chi connectivity index (χ1v) is 35.4. The van der Waals surface area contributed by atoms with Crippen LogP contribution in [0, 0.1) is 0 Å². The van der Waals surface area contributed by atoms with Gasteiger partial charge in [0.2, 0.25) is 0 Å². The van der Waals surface area contributed by atoms with Gasteiger partial charge in [0.1, 0.15) is 13.2 Å². The predicted octanol–water partition coefficient (Wildman–Crippen LogP) is 24.6. The van der Waals surface area contributed by atoms with Crippen LogP contribution in [0.2, 0.25) is 0 Å². The second-order valence-corrected chi connectivity index (χ2v) is 23.4. The van der Waals surface area contributed by atoms with E-state index >= 15 is 0 Å². The minimum atomic E-state index is -0.801. The predicted molar refractivity (Wildman–Crippen MR) is 362 cm³/mol. The summed E-state index contributed by atoms with van der Waals surface area (Å²) in [6.45, 7) is 6.51. The lowest BCUT2D eigenvalue weighted by atomic mass is 10.0. The van der Waals surface area contributed by atoms with Crippen molar-refractivity contribution in [2.24, 2.45) is 0 Å². The fourth-order valence-electron chi connectivity index (χ4n) is 10.0. The van der Waals surface area contributed by atoms with E-state index in [1.54, 1.807) is 0 Å². The van der Waals surface area contributed by atoms with E-state index in [4.69, 9.17) is 14.2 Å². The average molecular weight is 1150 g/mol. The number of hydrogen-bond acceptors (Lipinski definition) is 6. The highest BCUT2D eigenvalue weighted by Gasteiger charge is 2.19. The van der Waals surface area contributed by atoms with Crippen LogP contribution in [-0.2, 0) is 28.6 Å². The van der Waals surface area contributed by atoms with Crippen molar-refractivity contribution < 1.29 is 28.6 Å². The van der Waals surface area contributed by atoms with Gasteiger partial charge in [-0.15, -0.1) is 0 Å². The summed E-state index contributed by atoms with van der Waals surface area (Å²) in [5, 5.41) is 0. The van der Waals surface area contributed by atoms with Crippen LogP contribution in [0.4, 0.5) is 0 Å². The molecule has 1 atom stereocenters. The lowest BCUT2D eigenvalue weighted by molar-refractivity contribution is -0.167. The minimum absolute atomic E-state index is 0.0924. The molecule has 0 N–H and O–H groups in total. The first-order valence-electron chi connectivity index (χ1n) is 35.4. The molecule has 0 aromatic rings. The molecule has 6 heteroatoms. The van der Waals surface area contributed by atoms with Crippen LogP contribution in [0.1, 0.15) is 342 Å². The summed E-state index contributed by atoms with van der Waals surface area (Å²) in [7, 11) is 0. The van der Waals surface area contributed by atoms with Gasteiger partial charge in [-0.2, -0.15) is 0 Å². The summed E-state index contributed by atoms with van der Waals surface area (Å²) in [6, 6.07) is 0. The van der Waals surface area contributed by atoms with Gasteiger partial charge in [0.05, 0.1) is 0 Å². The van der Waals surface area contributed by atoms with E-state index in [0.717, 1.165) is 103 Å². The van der Waals surface area contributed by atoms with Gasteiger partial charge >= 0.3 is 17.9 Å². The minimum Gasteiger partial charge on any atom is -0.462 e. The lowest BCUT2D eigenvalue weighted by Gasteiger charge is -2.18. The second kappa shape index (κ2) is 70.6. The zero-order valence-electron chi connectivity index (χ0n) is 54.7. The van der Waals surface area contributed by atoms with Crippen LogP contribution < -0.4 is 0 Å². The number of rotatable bonds is 64. The smallest absolute Gasteiger partial charge is 0.306 e. The average Bonchev–Trinajstić information content (AvgIpc) is 3.48. The normalized spacial score (nSPS) is 12.8. The van der Waals surface area contributed by atoms with Gasteiger partial charge in [-0.3, -0.25) is 14.4 Å². The highest BCUT2D eigenvalue weighted by atomic mass is 16.6. The molecule has 6 nitrogen and oxygen atoms in total. The number of esters is 3.